The van der Waals surface area contributed by atoms with E-state index in [2.05, 4.69) is 17.2 Å². The van der Waals surface area contributed by atoms with E-state index >= 15 is 0 Å². The van der Waals surface area contributed by atoms with Crippen LogP contribution in [0.15, 0.2) is 42.7 Å². The van der Waals surface area contributed by atoms with Crippen LogP contribution in [-0.4, -0.2) is 6.54 Å². The Morgan fingerprint density at radius 2 is 2.00 bits per heavy atom. The first-order valence-electron chi connectivity index (χ1n) is 4.07. The predicted molar refractivity (Wildman–Crippen MR) is 52.9 cm³/mol. The third-order valence-corrected chi connectivity index (χ3v) is 1.46. The van der Waals surface area contributed by atoms with Gasteiger partial charge in [-0.1, -0.05) is 24.8 Å². The van der Waals surface area contributed by atoms with Gasteiger partial charge >= 0.3 is 0 Å². The van der Waals surface area contributed by atoms with Crippen molar-refractivity contribution in [2.45, 2.75) is 6.92 Å². The summed E-state index contributed by atoms with van der Waals surface area (Å²) < 4.78 is 0. The van der Waals surface area contributed by atoms with Gasteiger partial charge in [0.1, 0.15) is 0 Å². The van der Waals surface area contributed by atoms with Gasteiger partial charge in [-0.05, 0) is 19.1 Å². The molecule has 2 heteroatoms. The van der Waals surface area contributed by atoms with E-state index in [4.69, 9.17) is 0 Å². The number of hydrogen-bond donors (Lipinski definition) is 2. The minimum atomic E-state index is 0.837. The van der Waals surface area contributed by atoms with Crippen molar-refractivity contribution in [2.24, 2.45) is 0 Å². The zero-order valence-corrected chi connectivity index (χ0v) is 7.30. The highest BCUT2D eigenvalue weighted by atomic mass is 15.1. The second kappa shape index (κ2) is 4.44. The van der Waals surface area contributed by atoms with Crippen molar-refractivity contribution in [3.63, 3.8) is 0 Å². The Bertz CT molecular complexity index is 241. The lowest BCUT2D eigenvalue weighted by molar-refractivity contribution is 0.864. The lowest BCUT2D eigenvalue weighted by Gasteiger charge is -2.09. The molecule has 1 aromatic rings. The second-order valence-electron chi connectivity index (χ2n) is 2.50. The predicted octanol–water partition coefficient (Wildman–Crippen LogP) is 2.18. The van der Waals surface area contributed by atoms with Crippen molar-refractivity contribution in [1.29, 1.82) is 0 Å². The zero-order valence-electron chi connectivity index (χ0n) is 7.30. The maximum Gasteiger partial charge on any atom is 0.0957 e. The molecule has 0 radical (unpaired) electrons. The van der Waals surface area contributed by atoms with Crippen molar-refractivity contribution < 1.29 is 0 Å². The minimum Gasteiger partial charge on any atom is -0.372 e. The van der Waals surface area contributed by atoms with E-state index in [0.717, 1.165) is 18.1 Å². The fraction of sp³-hybridized carbons (Fsp3) is 0.200. The summed E-state index contributed by atoms with van der Waals surface area (Å²) in [6.07, 6.45) is 0. The summed E-state index contributed by atoms with van der Waals surface area (Å²) in [4.78, 5) is 0. The van der Waals surface area contributed by atoms with Gasteiger partial charge in [-0.3, -0.25) is 0 Å². The molecule has 0 saturated carbocycles. The molecule has 0 heterocycles. The van der Waals surface area contributed by atoms with Gasteiger partial charge in [0.25, 0.3) is 0 Å². The van der Waals surface area contributed by atoms with E-state index in [1.807, 2.05) is 37.3 Å². The highest BCUT2D eigenvalue weighted by Gasteiger charge is 1.90. The molecule has 0 unspecified atom stereocenters. The van der Waals surface area contributed by atoms with Gasteiger partial charge in [-0.2, -0.15) is 0 Å². The molecule has 0 aliphatic carbocycles. The Morgan fingerprint density at radius 1 is 1.33 bits per heavy atom. The molecular weight excluding hydrogens is 148 g/mol. The average molecular weight is 162 g/mol. The van der Waals surface area contributed by atoms with Crippen LogP contribution < -0.4 is 10.6 Å². The van der Waals surface area contributed by atoms with Crippen LogP contribution in [0.25, 0.3) is 0 Å². The number of benzene rings is 1. The van der Waals surface area contributed by atoms with E-state index < -0.39 is 0 Å². The van der Waals surface area contributed by atoms with E-state index in [0.29, 0.717) is 0 Å². The first-order chi connectivity index (χ1) is 5.83. The van der Waals surface area contributed by atoms with Crippen molar-refractivity contribution in [3.8, 4) is 0 Å². The highest BCUT2D eigenvalue weighted by molar-refractivity contribution is 5.46. The van der Waals surface area contributed by atoms with Crippen LogP contribution in [0.3, 0.4) is 0 Å². The summed E-state index contributed by atoms with van der Waals surface area (Å²) >= 11 is 0. The van der Waals surface area contributed by atoms with Crippen LogP contribution in [-0.2, 0) is 0 Å². The molecule has 0 saturated heterocycles. The highest BCUT2D eigenvalue weighted by Crippen LogP contribution is 2.05. The monoisotopic (exact) mass is 162 g/mol. The molecule has 12 heavy (non-hydrogen) atoms. The van der Waals surface area contributed by atoms with Gasteiger partial charge in [-0.25, -0.2) is 0 Å². The summed E-state index contributed by atoms with van der Waals surface area (Å²) in [7, 11) is 0. The molecule has 0 spiro atoms. The van der Waals surface area contributed by atoms with Crippen molar-refractivity contribution in [1.82, 2.24) is 5.32 Å². The molecule has 1 rings (SSSR count). The van der Waals surface area contributed by atoms with E-state index in [9.17, 15) is 0 Å². The Kier molecular flexibility index (Phi) is 3.20. The number of hydrogen-bond acceptors (Lipinski definition) is 2. The topological polar surface area (TPSA) is 24.1 Å². The van der Waals surface area contributed by atoms with Gasteiger partial charge in [0.2, 0.25) is 0 Å². The fourth-order valence-electron chi connectivity index (χ4n) is 0.953. The van der Waals surface area contributed by atoms with Crippen molar-refractivity contribution in [3.05, 3.63) is 42.7 Å². The van der Waals surface area contributed by atoms with Gasteiger partial charge in [0.15, 0.2) is 0 Å². The maximum absolute atomic E-state index is 3.82. The third-order valence-electron chi connectivity index (χ3n) is 1.46. The zero-order chi connectivity index (χ0) is 8.81. The molecule has 1 aromatic carbocycles. The summed E-state index contributed by atoms with van der Waals surface area (Å²) in [5.41, 5.74) is 1.06. The Morgan fingerprint density at radius 3 is 2.58 bits per heavy atom. The summed E-state index contributed by atoms with van der Waals surface area (Å²) in [5, 5.41) is 6.23. The van der Waals surface area contributed by atoms with E-state index in [1.54, 1.807) is 0 Å². The Balaban J connectivity index is 2.47. The molecule has 0 aliphatic rings. The largest absolute Gasteiger partial charge is 0.372 e. The van der Waals surface area contributed by atoms with E-state index in [1.165, 1.54) is 0 Å². The first kappa shape index (κ1) is 8.65. The standard InChI is InChI=1S/C10H14N2/c1-3-11-9(2)12-10-7-5-4-6-8-10/h4-8,11-12H,2-3H2,1H3. The van der Waals surface area contributed by atoms with Crippen LogP contribution in [0.1, 0.15) is 6.92 Å². The van der Waals surface area contributed by atoms with E-state index in [-0.39, 0.29) is 0 Å². The normalized spacial score (nSPS) is 9.08. The molecule has 0 bridgehead atoms. The fourth-order valence-corrected chi connectivity index (χ4v) is 0.953. The Hall–Kier alpha value is -1.44. The lowest BCUT2D eigenvalue weighted by Crippen LogP contribution is -2.17. The van der Waals surface area contributed by atoms with Gasteiger partial charge in [0, 0.05) is 12.2 Å². The molecule has 0 aromatic heterocycles. The average Bonchev–Trinajstić information content (AvgIpc) is 2.06. The first-order valence-corrected chi connectivity index (χ1v) is 4.07. The number of para-hydroxylation sites is 1. The molecule has 0 aliphatic heterocycles. The van der Waals surface area contributed by atoms with Gasteiger partial charge in [-0.15, -0.1) is 0 Å². The second-order valence-corrected chi connectivity index (χ2v) is 2.50. The van der Waals surface area contributed by atoms with Crippen LogP contribution in [0, 0.1) is 0 Å². The number of nitrogens with one attached hydrogen (secondary N) is 2. The molecule has 0 fully saturated rings. The van der Waals surface area contributed by atoms with Crippen molar-refractivity contribution >= 4 is 5.69 Å². The Labute approximate surface area is 73.3 Å². The summed E-state index contributed by atoms with van der Waals surface area (Å²) in [5.74, 6) is 0.837. The van der Waals surface area contributed by atoms with Crippen LogP contribution >= 0.6 is 0 Å². The van der Waals surface area contributed by atoms with Crippen LogP contribution in [0.2, 0.25) is 0 Å². The molecule has 0 atom stereocenters. The molecular formula is C10H14N2. The van der Waals surface area contributed by atoms with Gasteiger partial charge in [0.05, 0.1) is 5.82 Å². The maximum atomic E-state index is 3.82. The molecule has 64 valence electrons. The molecule has 0 amide bonds. The SMILES string of the molecule is C=C(NCC)Nc1ccccc1. The third kappa shape index (κ3) is 2.66. The minimum absolute atomic E-state index is 0.837. The molecule has 2 nitrogen and oxygen atoms in total. The van der Waals surface area contributed by atoms with Crippen LogP contribution in [0.4, 0.5) is 5.69 Å². The number of anilines is 1. The number of rotatable bonds is 4. The van der Waals surface area contributed by atoms with Crippen LogP contribution in [0.5, 0.6) is 0 Å². The lowest BCUT2D eigenvalue weighted by atomic mass is 10.3. The quantitative estimate of drug-likeness (QED) is 0.709. The molecule has 2 N–H and O–H groups in total. The smallest absolute Gasteiger partial charge is 0.0957 e. The van der Waals surface area contributed by atoms with Crippen molar-refractivity contribution in [2.75, 3.05) is 11.9 Å². The summed E-state index contributed by atoms with van der Waals surface area (Å²) in [6.45, 7) is 6.74. The summed E-state index contributed by atoms with van der Waals surface area (Å²) in [6, 6.07) is 9.97. The van der Waals surface area contributed by atoms with Gasteiger partial charge < -0.3 is 10.6 Å².